The number of alkyl halides is 3. The molecule has 11 nitrogen and oxygen atoms in total. The fourth-order valence-corrected chi connectivity index (χ4v) is 5.09. The Hall–Kier alpha value is -4.98. The molecule has 0 radical (unpaired) electrons. The molecular weight excluding hydrogens is 613 g/mol. The molecule has 0 spiro atoms. The van der Waals surface area contributed by atoms with Crippen LogP contribution in [0.4, 0.5) is 53.2 Å². The van der Waals surface area contributed by atoms with Crippen molar-refractivity contribution in [1.29, 1.82) is 0 Å². The second-order valence-electron chi connectivity index (χ2n) is 11.4. The summed E-state index contributed by atoms with van der Waals surface area (Å²) in [6, 6.07) is 12.6. The number of halogens is 3. The lowest BCUT2D eigenvalue weighted by molar-refractivity contribution is -0.137. The third-order valence-corrected chi connectivity index (χ3v) is 7.74. The van der Waals surface area contributed by atoms with Gasteiger partial charge >= 0.3 is 6.18 Å². The normalized spacial score (nSPS) is 13.3. The van der Waals surface area contributed by atoms with E-state index < -0.39 is 23.5 Å². The van der Waals surface area contributed by atoms with E-state index in [-0.39, 0.29) is 17.4 Å². The molecule has 2 amide bonds. The van der Waals surface area contributed by atoms with Crippen LogP contribution in [0, 0.1) is 0 Å². The van der Waals surface area contributed by atoms with Gasteiger partial charge in [0.05, 0.1) is 29.7 Å². The monoisotopic (exact) mass is 654 g/mol. The number of aromatic nitrogens is 1. The zero-order valence-electron chi connectivity index (χ0n) is 27.2. The molecule has 0 aliphatic carbocycles. The quantitative estimate of drug-likeness (QED) is 0.222. The highest BCUT2D eigenvalue weighted by Crippen LogP contribution is 2.39. The summed E-state index contributed by atoms with van der Waals surface area (Å²) in [6.45, 7) is 9.00. The first-order valence-corrected chi connectivity index (χ1v) is 15.0. The van der Waals surface area contributed by atoms with Crippen LogP contribution in [-0.4, -0.2) is 94.1 Å². The summed E-state index contributed by atoms with van der Waals surface area (Å²) in [5.74, 6) is -0.204. The summed E-state index contributed by atoms with van der Waals surface area (Å²) in [6.07, 6.45) is -3.57. The molecule has 0 bridgehead atoms. The Morgan fingerprint density at radius 3 is 2.32 bits per heavy atom. The number of carbonyl (C=O) groups excluding carboxylic acids is 2. The van der Waals surface area contributed by atoms with Gasteiger partial charge in [0, 0.05) is 70.7 Å². The average molecular weight is 655 g/mol. The Morgan fingerprint density at radius 1 is 0.979 bits per heavy atom. The lowest BCUT2D eigenvalue weighted by Gasteiger charge is -2.35. The van der Waals surface area contributed by atoms with Crippen molar-refractivity contribution in [3.63, 3.8) is 0 Å². The summed E-state index contributed by atoms with van der Waals surface area (Å²) in [5.41, 5.74) is 1.82. The van der Waals surface area contributed by atoms with Crippen molar-refractivity contribution in [2.24, 2.45) is 0 Å². The first-order chi connectivity index (χ1) is 22.3. The summed E-state index contributed by atoms with van der Waals surface area (Å²) in [7, 11) is 7.26. The Kier molecular flexibility index (Phi) is 11.2. The zero-order valence-corrected chi connectivity index (χ0v) is 27.2. The number of pyridine rings is 1. The molecule has 47 heavy (non-hydrogen) atoms. The lowest BCUT2D eigenvalue weighted by atomic mass is 10.2. The molecule has 0 unspecified atom stereocenters. The SMILES string of the molecule is C=CC(=O)Nc1cc(Nc2nc(Nc3ccc(N4CCN(C(C)=O)CC4)cc3OC)ccc2C(F)(F)F)ccc1N(C)CCN(C)C. The van der Waals surface area contributed by atoms with E-state index in [1.807, 2.05) is 43.1 Å². The molecule has 0 saturated carbocycles. The number of piperazine rings is 1. The fourth-order valence-electron chi connectivity index (χ4n) is 5.09. The molecule has 3 N–H and O–H groups in total. The van der Waals surface area contributed by atoms with Crippen LogP contribution >= 0.6 is 0 Å². The van der Waals surface area contributed by atoms with Gasteiger partial charge in [-0.25, -0.2) is 4.98 Å². The van der Waals surface area contributed by atoms with Crippen molar-refractivity contribution in [3.8, 4) is 5.75 Å². The number of likely N-dealkylation sites (N-methyl/N-ethyl adjacent to an activating group) is 2. The molecule has 4 rings (SSSR count). The van der Waals surface area contributed by atoms with E-state index in [0.29, 0.717) is 55.5 Å². The highest BCUT2D eigenvalue weighted by Gasteiger charge is 2.35. The van der Waals surface area contributed by atoms with Gasteiger partial charge in [-0.3, -0.25) is 9.59 Å². The van der Waals surface area contributed by atoms with Crippen LogP contribution in [0.15, 0.2) is 61.2 Å². The molecular formula is C33H41F3N8O3. The number of hydrogen-bond donors (Lipinski definition) is 3. The van der Waals surface area contributed by atoms with E-state index in [9.17, 15) is 22.8 Å². The molecule has 0 atom stereocenters. The van der Waals surface area contributed by atoms with Gasteiger partial charge in [-0.05, 0) is 62.6 Å². The van der Waals surface area contributed by atoms with Crippen molar-refractivity contribution in [2.45, 2.75) is 13.1 Å². The van der Waals surface area contributed by atoms with Crippen LogP contribution in [-0.2, 0) is 15.8 Å². The third kappa shape index (κ3) is 9.06. The van der Waals surface area contributed by atoms with E-state index in [4.69, 9.17) is 4.74 Å². The number of nitrogens with zero attached hydrogens (tertiary/aromatic N) is 5. The highest BCUT2D eigenvalue weighted by atomic mass is 19.4. The number of ether oxygens (including phenoxy) is 1. The molecule has 252 valence electrons. The van der Waals surface area contributed by atoms with Gasteiger partial charge in [-0.1, -0.05) is 6.58 Å². The van der Waals surface area contributed by atoms with Crippen LogP contribution in [0.2, 0.25) is 0 Å². The van der Waals surface area contributed by atoms with E-state index in [1.165, 1.54) is 13.2 Å². The molecule has 2 aromatic carbocycles. The number of rotatable bonds is 12. The standard InChI is InChI=1S/C33H41F3N8O3/c1-7-31(46)39-27-20-23(8-12-28(27)42(5)15-14-41(3)4)37-32-25(33(34,35)36)10-13-30(40-32)38-26-11-9-24(21-29(26)47-6)44-18-16-43(17-19-44)22(2)45/h7-13,20-21H,1,14-19H2,2-6H3,(H,39,46)(H2,37,38,40). The van der Waals surface area contributed by atoms with Gasteiger partial charge in [-0.2, -0.15) is 13.2 Å². The van der Waals surface area contributed by atoms with E-state index in [2.05, 4.69) is 32.4 Å². The van der Waals surface area contributed by atoms with Gasteiger partial charge in [0.1, 0.15) is 17.4 Å². The number of hydrogen-bond acceptors (Lipinski definition) is 9. The number of anilines is 7. The van der Waals surface area contributed by atoms with Crippen molar-refractivity contribution in [1.82, 2.24) is 14.8 Å². The Labute approximate surface area is 273 Å². The molecule has 1 aliphatic rings. The number of benzene rings is 2. The molecule has 3 aromatic rings. The first kappa shape index (κ1) is 34.9. The topological polar surface area (TPSA) is 105 Å². The second kappa shape index (κ2) is 15.1. The fraction of sp³-hybridized carbons (Fsp3) is 0.364. The van der Waals surface area contributed by atoms with Gasteiger partial charge in [0.2, 0.25) is 11.8 Å². The average Bonchev–Trinajstić information content (AvgIpc) is 3.03. The third-order valence-electron chi connectivity index (χ3n) is 7.74. The Morgan fingerprint density at radius 2 is 1.70 bits per heavy atom. The van der Waals surface area contributed by atoms with Crippen molar-refractivity contribution in [2.75, 3.05) is 93.3 Å². The molecule has 2 heterocycles. The molecule has 1 fully saturated rings. The maximum Gasteiger partial charge on any atom is 0.419 e. The van der Waals surface area contributed by atoms with E-state index in [1.54, 1.807) is 36.1 Å². The molecule has 1 aromatic heterocycles. The predicted octanol–water partition coefficient (Wildman–Crippen LogP) is 5.39. The number of amides is 2. The van der Waals surface area contributed by atoms with Crippen molar-refractivity contribution >= 4 is 51.9 Å². The minimum Gasteiger partial charge on any atom is -0.494 e. The van der Waals surface area contributed by atoms with Gasteiger partial charge < -0.3 is 40.3 Å². The molecule has 14 heteroatoms. The van der Waals surface area contributed by atoms with Gasteiger partial charge in [0.25, 0.3) is 0 Å². The Balaban J connectivity index is 1.61. The van der Waals surface area contributed by atoms with E-state index >= 15 is 0 Å². The maximum atomic E-state index is 14.1. The summed E-state index contributed by atoms with van der Waals surface area (Å²) in [4.78, 5) is 36.1. The van der Waals surface area contributed by atoms with Gasteiger partial charge in [-0.15, -0.1) is 0 Å². The van der Waals surface area contributed by atoms with Crippen LogP contribution in [0.5, 0.6) is 5.75 Å². The molecule has 1 aliphatic heterocycles. The van der Waals surface area contributed by atoms with Crippen LogP contribution in [0.3, 0.4) is 0 Å². The van der Waals surface area contributed by atoms with Gasteiger partial charge in [0.15, 0.2) is 0 Å². The largest absolute Gasteiger partial charge is 0.494 e. The number of nitrogens with one attached hydrogen (secondary N) is 3. The smallest absolute Gasteiger partial charge is 0.419 e. The predicted molar refractivity (Wildman–Crippen MR) is 180 cm³/mol. The maximum absolute atomic E-state index is 14.1. The van der Waals surface area contributed by atoms with Crippen molar-refractivity contribution < 1.29 is 27.5 Å². The van der Waals surface area contributed by atoms with Crippen LogP contribution < -0.4 is 30.5 Å². The number of carbonyl (C=O) groups is 2. The van der Waals surface area contributed by atoms with E-state index in [0.717, 1.165) is 24.4 Å². The first-order valence-electron chi connectivity index (χ1n) is 15.0. The highest BCUT2D eigenvalue weighted by molar-refractivity contribution is 6.01. The zero-order chi connectivity index (χ0) is 34.3. The Bertz CT molecular complexity index is 1590. The summed E-state index contributed by atoms with van der Waals surface area (Å²) < 4.78 is 47.9. The lowest BCUT2D eigenvalue weighted by Crippen LogP contribution is -2.48. The number of methoxy groups -OCH3 is 1. The second-order valence-corrected chi connectivity index (χ2v) is 11.4. The van der Waals surface area contributed by atoms with Crippen molar-refractivity contribution in [3.05, 3.63) is 66.7 Å². The summed E-state index contributed by atoms with van der Waals surface area (Å²) in [5, 5.41) is 8.63. The molecule has 1 saturated heterocycles. The minimum absolute atomic E-state index is 0.0415. The minimum atomic E-state index is -4.69. The van der Waals surface area contributed by atoms with Crippen LogP contribution in [0.25, 0.3) is 0 Å². The summed E-state index contributed by atoms with van der Waals surface area (Å²) >= 11 is 0. The van der Waals surface area contributed by atoms with Crippen LogP contribution in [0.1, 0.15) is 12.5 Å².